The van der Waals surface area contributed by atoms with Crippen molar-refractivity contribution in [1.29, 1.82) is 0 Å². The number of benzene rings is 2. The molecular formula is C22H19FN8O. The largest absolute Gasteiger partial charge is 0.344 e. The highest BCUT2D eigenvalue weighted by Crippen LogP contribution is 2.28. The molecule has 0 amide bonds. The minimum atomic E-state index is -1.33. The molecule has 10 heteroatoms. The first-order valence-corrected chi connectivity index (χ1v) is 10.00. The minimum Gasteiger partial charge on any atom is -0.344 e. The van der Waals surface area contributed by atoms with E-state index in [4.69, 9.17) is 5.73 Å². The maximum atomic E-state index is 14.6. The van der Waals surface area contributed by atoms with Crippen molar-refractivity contribution in [3.8, 4) is 5.69 Å². The third-order valence-electron chi connectivity index (χ3n) is 5.38. The van der Waals surface area contributed by atoms with Crippen LogP contribution in [0, 0.1) is 5.82 Å². The van der Waals surface area contributed by atoms with Crippen LogP contribution in [0.25, 0.3) is 27.8 Å². The zero-order valence-corrected chi connectivity index (χ0v) is 17.1. The Bertz CT molecular complexity index is 1500. The molecule has 160 valence electrons. The molecule has 0 fully saturated rings. The topological polar surface area (TPSA) is 127 Å². The number of imidazole rings is 1. The van der Waals surface area contributed by atoms with E-state index in [9.17, 15) is 9.18 Å². The third kappa shape index (κ3) is 3.08. The summed E-state index contributed by atoms with van der Waals surface area (Å²) in [7, 11) is 0. The van der Waals surface area contributed by atoms with Crippen LogP contribution in [0.15, 0.2) is 66.0 Å². The zero-order chi connectivity index (χ0) is 22.3. The van der Waals surface area contributed by atoms with Gasteiger partial charge in [0.15, 0.2) is 17.3 Å². The molecule has 5 aromatic rings. The molecule has 0 saturated carbocycles. The Labute approximate surface area is 181 Å². The molecule has 0 bridgehead atoms. The first-order chi connectivity index (χ1) is 15.5. The predicted octanol–water partition coefficient (Wildman–Crippen LogP) is 2.82. The number of fused-ring (bicyclic) bond motifs is 2. The number of para-hydroxylation sites is 1. The van der Waals surface area contributed by atoms with E-state index in [1.807, 2.05) is 13.0 Å². The van der Waals surface area contributed by atoms with Crippen LogP contribution in [0.1, 0.15) is 19.2 Å². The molecule has 0 spiro atoms. The molecular weight excluding hydrogens is 411 g/mol. The van der Waals surface area contributed by atoms with Gasteiger partial charge in [-0.3, -0.25) is 9.36 Å². The quantitative estimate of drug-likeness (QED) is 0.366. The number of rotatable bonds is 5. The van der Waals surface area contributed by atoms with Gasteiger partial charge in [0.05, 0.1) is 17.5 Å². The second-order valence-corrected chi connectivity index (χ2v) is 7.32. The van der Waals surface area contributed by atoms with Crippen molar-refractivity contribution >= 4 is 27.9 Å². The van der Waals surface area contributed by atoms with Gasteiger partial charge >= 0.3 is 0 Å². The summed E-state index contributed by atoms with van der Waals surface area (Å²) in [6.07, 6.45) is 3.22. The summed E-state index contributed by atoms with van der Waals surface area (Å²) >= 11 is 0. The predicted molar refractivity (Wildman–Crippen MR) is 119 cm³/mol. The van der Waals surface area contributed by atoms with E-state index in [0.717, 1.165) is 0 Å². The van der Waals surface area contributed by atoms with Crippen molar-refractivity contribution in [1.82, 2.24) is 29.5 Å². The molecule has 3 heterocycles. The second-order valence-electron chi connectivity index (χ2n) is 7.32. The van der Waals surface area contributed by atoms with Crippen LogP contribution in [-0.2, 0) is 5.66 Å². The molecule has 9 nitrogen and oxygen atoms in total. The Kier molecular flexibility index (Phi) is 4.63. The van der Waals surface area contributed by atoms with Crippen molar-refractivity contribution in [3.05, 3.63) is 83.2 Å². The van der Waals surface area contributed by atoms with Gasteiger partial charge in [0, 0.05) is 0 Å². The molecule has 0 unspecified atom stereocenters. The van der Waals surface area contributed by atoms with Crippen molar-refractivity contribution in [2.45, 2.75) is 19.0 Å². The second kappa shape index (κ2) is 7.50. The summed E-state index contributed by atoms with van der Waals surface area (Å²) in [4.78, 5) is 33.7. The van der Waals surface area contributed by atoms with E-state index in [-0.39, 0.29) is 16.7 Å². The highest BCUT2D eigenvalue weighted by Gasteiger charge is 2.33. The van der Waals surface area contributed by atoms with Gasteiger partial charge in [0.1, 0.15) is 28.7 Å². The van der Waals surface area contributed by atoms with E-state index >= 15 is 0 Å². The van der Waals surface area contributed by atoms with Gasteiger partial charge in [0.25, 0.3) is 5.56 Å². The Morgan fingerprint density at radius 2 is 1.94 bits per heavy atom. The fourth-order valence-electron chi connectivity index (χ4n) is 3.68. The van der Waals surface area contributed by atoms with Crippen molar-refractivity contribution in [2.24, 2.45) is 5.73 Å². The first-order valence-electron chi connectivity index (χ1n) is 10.00. The third-order valence-corrected chi connectivity index (χ3v) is 5.38. The van der Waals surface area contributed by atoms with Crippen LogP contribution in [0.5, 0.6) is 0 Å². The van der Waals surface area contributed by atoms with E-state index < -0.39 is 17.0 Å². The maximum Gasteiger partial charge on any atom is 0.269 e. The standard InChI is InChI=1S/C22H19FN8O/c1-2-22(24,30-19-17-18(26-11-25-17)27-12-28-19)21-29-15-10-6-9-14(23)16(15)20(32)31(21)13-7-4-3-5-8-13/h3-12H,2,24H2,1H3,(H2,25,26,27,28,30)/t22-/m0/s1. The summed E-state index contributed by atoms with van der Waals surface area (Å²) in [6.45, 7) is 1.86. The van der Waals surface area contributed by atoms with Gasteiger partial charge in [-0.15, -0.1) is 0 Å². The lowest BCUT2D eigenvalue weighted by molar-refractivity contribution is 0.447. The molecule has 0 saturated heterocycles. The van der Waals surface area contributed by atoms with Crippen LogP contribution in [0.3, 0.4) is 0 Å². The zero-order valence-electron chi connectivity index (χ0n) is 17.1. The summed E-state index contributed by atoms with van der Waals surface area (Å²) in [5.74, 6) is -0.0103. The lowest BCUT2D eigenvalue weighted by atomic mass is 10.1. The fraction of sp³-hybridized carbons (Fsp3) is 0.136. The van der Waals surface area contributed by atoms with Crippen LogP contribution in [0.4, 0.5) is 10.2 Å². The molecule has 0 radical (unpaired) electrons. The molecule has 3 aromatic heterocycles. The van der Waals surface area contributed by atoms with E-state index in [0.29, 0.717) is 29.1 Å². The molecule has 5 rings (SSSR count). The maximum absolute atomic E-state index is 14.6. The monoisotopic (exact) mass is 430 g/mol. The molecule has 32 heavy (non-hydrogen) atoms. The highest BCUT2D eigenvalue weighted by atomic mass is 19.1. The van der Waals surface area contributed by atoms with Crippen LogP contribution < -0.4 is 16.6 Å². The molecule has 4 N–H and O–H groups in total. The Morgan fingerprint density at radius 3 is 2.72 bits per heavy atom. The van der Waals surface area contributed by atoms with Gasteiger partial charge in [-0.25, -0.2) is 24.3 Å². The highest BCUT2D eigenvalue weighted by molar-refractivity contribution is 5.82. The van der Waals surface area contributed by atoms with Crippen molar-refractivity contribution < 1.29 is 4.39 Å². The summed E-state index contributed by atoms with van der Waals surface area (Å²) in [5, 5.41) is 3.11. The number of aromatic nitrogens is 6. The number of H-pyrrole nitrogens is 1. The summed E-state index contributed by atoms with van der Waals surface area (Å²) in [5.41, 5.74) is 6.72. The van der Waals surface area contributed by atoms with Gasteiger partial charge in [-0.2, -0.15) is 0 Å². The number of aromatic amines is 1. The molecule has 1 atom stereocenters. The number of hydrogen-bond donors (Lipinski definition) is 3. The van der Waals surface area contributed by atoms with Crippen LogP contribution in [-0.4, -0.2) is 29.5 Å². The Hall–Kier alpha value is -4.18. The van der Waals surface area contributed by atoms with E-state index in [1.165, 1.54) is 29.4 Å². The van der Waals surface area contributed by atoms with Gasteiger partial charge in [-0.05, 0) is 30.7 Å². The van der Waals surface area contributed by atoms with Crippen LogP contribution in [0.2, 0.25) is 0 Å². The number of nitrogens with two attached hydrogens (primary N) is 1. The first kappa shape index (κ1) is 19.8. The molecule has 0 aliphatic carbocycles. The average molecular weight is 430 g/mol. The molecule has 2 aromatic carbocycles. The van der Waals surface area contributed by atoms with Crippen molar-refractivity contribution in [3.63, 3.8) is 0 Å². The Morgan fingerprint density at radius 1 is 1.12 bits per heavy atom. The molecule has 0 aliphatic heterocycles. The Balaban J connectivity index is 1.79. The lowest BCUT2D eigenvalue weighted by Crippen LogP contribution is -2.49. The summed E-state index contributed by atoms with van der Waals surface area (Å²) < 4.78 is 16.0. The lowest BCUT2D eigenvalue weighted by Gasteiger charge is -2.31. The normalized spacial score (nSPS) is 13.3. The molecule has 0 aliphatic rings. The van der Waals surface area contributed by atoms with E-state index in [2.05, 4.69) is 30.2 Å². The number of halogens is 1. The average Bonchev–Trinajstić information content (AvgIpc) is 3.29. The minimum absolute atomic E-state index is 0.100. The number of anilines is 1. The number of hydrogen-bond acceptors (Lipinski definition) is 7. The summed E-state index contributed by atoms with van der Waals surface area (Å²) in [6, 6.07) is 13.2. The van der Waals surface area contributed by atoms with Gasteiger partial charge < -0.3 is 16.0 Å². The van der Waals surface area contributed by atoms with Crippen LogP contribution >= 0.6 is 0 Å². The number of nitrogens with zero attached hydrogens (tertiary/aromatic N) is 5. The fourth-order valence-corrected chi connectivity index (χ4v) is 3.68. The SMILES string of the molecule is CC[C@](N)(Nc1ncnc2nc[nH]c12)c1nc2cccc(F)c2c(=O)n1-c1ccccc1. The van der Waals surface area contributed by atoms with E-state index in [1.54, 1.807) is 30.3 Å². The van der Waals surface area contributed by atoms with Gasteiger partial charge in [0.2, 0.25) is 0 Å². The van der Waals surface area contributed by atoms with Crippen molar-refractivity contribution in [2.75, 3.05) is 5.32 Å². The number of nitrogens with one attached hydrogen (secondary N) is 2. The smallest absolute Gasteiger partial charge is 0.269 e. The van der Waals surface area contributed by atoms with Gasteiger partial charge in [-0.1, -0.05) is 31.2 Å².